The zero-order valence-electron chi connectivity index (χ0n) is 11.7. The van der Waals surface area contributed by atoms with E-state index in [4.69, 9.17) is 14.2 Å². The molecule has 5 heteroatoms. The number of carbonyl (C=O) groups is 1. The smallest absolute Gasteiger partial charge is 0.161 e. The lowest BCUT2D eigenvalue weighted by Crippen LogP contribution is -2.45. The van der Waals surface area contributed by atoms with Crippen LogP contribution in [-0.2, 0) is 19.0 Å². The van der Waals surface area contributed by atoms with Crippen molar-refractivity contribution < 1.29 is 19.0 Å². The maximum absolute atomic E-state index is 12.2. The average molecular weight is 288 g/mol. The van der Waals surface area contributed by atoms with Gasteiger partial charge in [0.2, 0.25) is 0 Å². The molecule has 2 heterocycles. The number of ether oxygens (including phenoxy) is 3. The van der Waals surface area contributed by atoms with Gasteiger partial charge in [0.25, 0.3) is 0 Å². The Balaban J connectivity index is 1.78. The van der Waals surface area contributed by atoms with E-state index in [-0.39, 0.29) is 23.9 Å². The summed E-state index contributed by atoms with van der Waals surface area (Å²) in [6, 6.07) is 0. The minimum atomic E-state index is -0.0175. The van der Waals surface area contributed by atoms with Crippen LogP contribution in [0.15, 0.2) is 0 Å². The van der Waals surface area contributed by atoms with Crippen LogP contribution >= 0.6 is 11.8 Å². The van der Waals surface area contributed by atoms with Crippen LogP contribution in [0.5, 0.6) is 0 Å². The summed E-state index contributed by atoms with van der Waals surface area (Å²) < 4.78 is 16.2. The van der Waals surface area contributed by atoms with Gasteiger partial charge in [-0.25, -0.2) is 0 Å². The van der Waals surface area contributed by atoms with E-state index in [0.717, 1.165) is 43.8 Å². The molecule has 0 aromatic rings. The molecule has 0 aromatic heterocycles. The largest absolute Gasteiger partial charge is 0.382 e. The summed E-state index contributed by atoms with van der Waals surface area (Å²) in [7, 11) is 1.63. The van der Waals surface area contributed by atoms with Crippen LogP contribution in [0.3, 0.4) is 0 Å². The zero-order valence-corrected chi connectivity index (χ0v) is 12.5. The van der Waals surface area contributed by atoms with Crippen molar-refractivity contribution in [1.29, 1.82) is 0 Å². The average Bonchev–Trinajstić information content (AvgIpc) is 2.44. The predicted octanol–water partition coefficient (Wildman–Crippen LogP) is 1.91. The van der Waals surface area contributed by atoms with Crippen LogP contribution in [0.25, 0.3) is 0 Å². The fraction of sp³-hybridized carbons (Fsp3) is 0.929. The summed E-state index contributed by atoms with van der Waals surface area (Å²) in [5.41, 5.74) is -0.0175. The standard InChI is InChI=1S/C14H24O4S/c1-16-6-7-17-11-13(15)12-2-5-18-14(10-12)3-8-19-9-4-14/h12H,2-11H2,1H3. The Hall–Kier alpha value is -0.100. The van der Waals surface area contributed by atoms with Crippen molar-refractivity contribution in [2.75, 3.05) is 45.0 Å². The molecule has 0 N–H and O–H groups in total. The zero-order chi connectivity index (χ0) is 13.6. The number of Topliss-reactive ketones (excluding diaryl/α,β-unsaturated/α-hetero) is 1. The molecule has 0 saturated carbocycles. The van der Waals surface area contributed by atoms with Crippen molar-refractivity contribution in [1.82, 2.24) is 0 Å². The normalized spacial score (nSPS) is 26.5. The summed E-state index contributed by atoms with van der Waals surface area (Å²) >= 11 is 1.99. The fourth-order valence-electron chi connectivity index (χ4n) is 2.83. The van der Waals surface area contributed by atoms with Gasteiger partial charge in [0.1, 0.15) is 6.61 Å². The number of rotatable bonds is 6. The van der Waals surface area contributed by atoms with Gasteiger partial charge in [-0.05, 0) is 37.2 Å². The van der Waals surface area contributed by atoms with Crippen LogP contribution in [0.2, 0.25) is 0 Å². The number of ketones is 1. The molecule has 0 bridgehead atoms. The van der Waals surface area contributed by atoms with E-state index in [9.17, 15) is 4.79 Å². The van der Waals surface area contributed by atoms with Crippen molar-refractivity contribution in [3.8, 4) is 0 Å². The number of methoxy groups -OCH3 is 1. The highest BCUT2D eigenvalue weighted by atomic mass is 32.2. The first-order valence-electron chi connectivity index (χ1n) is 7.07. The molecule has 1 unspecified atom stereocenters. The summed E-state index contributed by atoms with van der Waals surface area (Å²) in [6.45, 7) is 1.98. The van der Waals surface area contributed by atoms with Crippen LogP contribution in [-0.4, -0.2) is 56.4 Å². The lowest BCUT2D eigenvalue weighted by Gasteiger charge is -2.42. The second kappa shape index (κ2) is 7.62. The quantitative estimate of drug-likeness (QED) is 0.699. The van der Waals surface area contributed by atoms with E-state index in [2.05, 4.69) is 0 Å². The van der Waals surface area contributed by atoms with Crippen LogP contribution < -0.4 is 0 Å². The summed E-state index contributed by atoms with van der Waals surface area (Å²) in [5, 5.41) is 0. The van der Waals surface area contributed by atoms with Crippen molar-refractivity contribution >= 4 is 17.5 Å². The number of hydrogen-bond acceptors (Lipinski definition) is 5. The second-order valence-electron chi connectivity index (χ2n) is 5.35. The highest BCUT2D eigenvalue weighted by Crippen LogP contribution is 2.39. The van der Waals surface area contributed by atoms with Gasteiger partial charge in [-0.2, -0.15) is 11.8 Å². The Morgan fingerprint density at radius 1 is 1.37 bits per heavy atom. The Morgan fingerprint density at radius 3 is 2.89 bits per heavy atom. The molecule has 2 rings (SSSR count). The van der Waals surface area contributed by atoms with E-state index >= 15 is 0 Å². The lowest BCUT2D eigenvalue weighted by molar-refractivity contribution is -0.142. The third kappa shape index (κ3) is 4.45. The van der Waals surface area contributed by atoms with Gasteiger partial charge in [-0.3, -0.25) is 4.79 Å². The minimum absolute atomic E-state index is 0.0175. The first kappa shape index (κ1) is 15.3. The Kier molecular flexibility index (Phi) is 6.13. The molecule has 1 atom stereocenters. The van der Waals surface area contributed by atoms with Crippen molar-refractivity contribution in [3.05, 3.63) is 0 Å². The fourth-order valence-corrected chi connectivity index (χ4v) is 4.06. The lowest BCUT2D eigenvalue weighted by atomic mass is 9.80. The van der Waals surface area contributed by atoms with Crippen LogP contribution in [0, 0.1) is 5.92 Å². The molecule has 1 spiro atoms. The van der Waals surface area contributed by atoms with Gasteiger partial charge >= 0.3 is 0 Å². The van der Waals surface area contributed by atoms with E-state index in [1.165, 1.54) is 0 Å². The Bertz CT molecular complexity index is 284. The molecule has 19 heavy (non-hydrogen) atoms. The molecular formula is C14H24O4S. The van der Waals surface area contributed by atoms with Gasteiger partial charge in [0.15, 0.2) is 5.78 Å². The highest BCUT2D eigenvalue weighted by molar-refractivity contribution is 7.99. The van der Waals surface area contributed by atoms with Gasteiger partial charge < -0.3 is 14.2 Å². The number of hydrogen-bond donors (Lipinski definition) is 0. The highest BCUT2D eigenvalue weighted by Gasteiger charge is 2.40. The van der Waals surface area contributed by atoms with Gasteiger partial charge in [0, 0.05) is 19.6 Å². The van der Waals surface area contributed by atoms with Gasteiger partial charge in [0.05, 0.1) is 18.8 Å². The van der Waals surface area contributed by atoms with E-state index in [1.807, 2.05) is 11.8 Å². The number of thioether (sulfide) groups is 1. The molecule has 0 amide bonds. The molecule has 0 aromatic carbocycles. The Morgan fingerprint density at radius 2 is 2.16 bits per heavy atom. The molecule has 2 saturated heterocycles. The molecule has 2 aliphatic rings. The van der Waals surface area contributed by atoms with Crippen LogP contribution in [0.1, 0.15) is 25.7 Å². The molecular weight excluding hydrogens is 264 g/mol. The summed E-state index contributed by atoms with van der Waals surface area (Å²) in [5.74, 6) is 2.67. The topological polar surface area (TPSA) is 44.8 Å². The van der Waals surface area contributed by atoms with Crippen molar-refractivity contribution in [2.24, 2.45) is 5.92 Å². The monoisotopic (exact) mass is 288 g/mol. The maximum Gasteiger partial charge on any atom is 0.161 e. The second-order valence-corrected chi connectivity index (χ2v) is 6.57. The van der Waals surface area contributed by atoms with E-state index in [1.54, 1.807) is 7.11 Å². The molecule has 2 fully saturated rings. The van der Waals surface area contributed by atoms with Gasteiger partial charge in [-0.1, -0.05) is 0 Å². The van der Waals surface area contributed by atoms with E-state index < -0.39 is 0 Å². The van der Waals surface area contributed by atoms with E-state index in [0.29, 0.717) is 13.2 Å². The third-order valence-electron chi connectivity index (χ3n) is 4.03. The molecule has 0 aliphatic carbocycles. The minimum Gasteiger partial charge on any atom is -0.382 e. The molecule has 2 aliphatic heterocycles. The van der Waals surface area contributed by atoms with Gasteiger partial charge in [-0.15, -0.1) is 0 Å². The molecule has 110 valence electrons. The SMILES string of the molecule is COCCOCC(=O)C1CCOC2(CCSCC2)C1. The molecule has 0 radical (unpaired) electrons. The first-order chi connectivity index (χ1) is 9.26. The first-order valence-corrected chi connectivity index (χ1v) is 8.22. The summed E-state index contributed by atoms with van der Waals surface area (Å²) in [6.07, 6.45) is 3.92. The van der Waals surface area contributed by atoms with Crippen LogP contribution in [0.4, 0.5) is 0 Å². The predicted molar refractivity (Wildman–Crippen MR) is 75.7 cm³/mol. The summed E-state index contributed by atoms with van der Waals surface area (Å²) in [4.78, 5) is 12.2. The number of carbonyl (C=O) groups excluding carboxylic acids is 1. The third-order valence-corrected chi connectivity index (χ3v) is 5.01. The Labute approximate surface area is 119 Å². The van der Waals surface area contributed by atoms with Crippen molar-refractivity contribution in [2.45, 2.75) is 31.3 Å². The maximum atomic E-state index is 12.2. The van der Waals surface area contributed by atoms with Crippen molar-refractivity contribution in [3.63, 3.8) is 0 Å². The molecule has 4 nitrogen and oxygen atoms in total.